The fourth-order valence-corrected chi connectivity index (χ4v) is 2.05. The first kappa shape index (κ1) is 14.6. The van der Waals surface area contributed by atoms with Gasteiger partial charge in [-0.2, -0.15) is 0 Å². The maximum absolute atomic E-state index is 5.87. The van der Waals surface area contributed by atoms with E-state index in [1.807, 2.05) is 36.4 Å². The lowest BCUT2D eigenvalue weighted by Crippen LogP contribution is -2.14. The highest BCUT2D eigenvalue weighted by Crippen LogP contribution is 2.29. The molecule has 0 unspecified atom stereocenters. The van der Waals surface area contributed by atoms with Gasteiger partial charge >= 0.3 is 0 Å². The second-order valence-electron chi connectivity index (χ2n) is 5.72. The van der Waals surface area contributed by atoms with E-state index in [0.29, 0.717) is 6.54 Å². The lowest BCUT2D eigenvalue weighted by Gasteiger charge is -2.23. The summed E-state index contributed by atoms with van der Waals surface area (Å²) in [7, 11) is 0. The molecule has 0 bridgehead atoms. The van der Waals surface area contributed by atoms with Gasteiger partial charge in [0, 0.05) is 6.54 Å². The van der Waals surface area contributed by atoms with Gasteiger partial charge < -0.3 is 10.5 Å². The first-order chi connectivity index (χ1) is 9.55. The van der Waals surface area contributed by atoms with E-state index in [2.05, 4.69) is 32.9 Å². The second kappa shape index (κ2) is 6.10. The van der Waals surface area contributed by atoms with E-state index in [1.165, 1.54) is 5.56 Å². The first-order valence-electron chi connectivity index (χ1n) is 7.12. The van der Waals surface area contributed by atoms with Crippen LogP contribution in [0.1, 0.15) is 38.3 Å². The molecule has 106 valence electrons. The summed E-state index contributed by atoms with van der Waals surface area (Å²) in [6.45, 7) is 7.25. The molecule has 0 fully saturated rings. The molecule has 0 aliphatic heterocycles. The first-order valence-corrected chi connectivity index (χ1v) is 7.12. The van der Waals surface area contributed by atoms with E-state index in [-0.39, 0.29) is 5.41 Å². The van der Waals surface area contributed by atoms with Crippen molar-refractivity contribution in [1.82, 2.24) is 0 Å². The Balaban J connectivity index is 2.14. The lowest BCUT2D eigenvalue weighted by molar-refractivity contribution is 0.477. The van der Waals surface area contributed by atoms with Crippen LogP contribution in [0.2, 0.25) is 0 Å². The number of ether oxygens (including phenoxy) is 1. The molecule has 2 aromatic rings. The van der Waals surface area contributed by atoms with E-state index in [4.69, 9.17) is 10.5 Å². The van der Waals surface area contributed by atoms with Crippen LogP contribution in [0.15, 0.2) is 48.5 Å². The summed E-state index contributed by atoms with van der Waals surface area (Å²) < 4.78 is 5.87. The highest BCUT2D eigenvalue weighted by Gasteiger charge is 2.17. The standard InChI is InChI=1S/C18H23NO/c1-4-18(2,3)15-8-10-16(11-9-15)20-17-7-5-6-14(12-17)13-19/h5-12H,4,13,19H2,1-3H3. The Labute approximate surface area is 121 Å². The van der Waals surface area contributed by atoms with Crippen molar-refractivity contribution in [3.05, 3.63) is 59.7 Å². The van der Waals surface area contributed by atoms with Crippen molar-refractivity contribution in [2.24, 2.45) is 5.73 Å². The van der Waals surface area contributed by atoms with Crippen LogP contribution in [0, 0.1) is 0 Å². The SMILES string of the molecule is CCC(C)(C)c1ccc(Oc2cccc(CN)c2)cc1. The minimum absolute atomic E-state index is 0.206. The number of hydrogen-bond acceptors (Lipinski definition) is 2. The molecule has 0 saturated carbocycles. The molecule has 2 heteroatoms. The molecule has 0 heterocycles. The Kier molecular flexibility index (Phi) is 4.46. The number of hydrogen-bond donors (Lipinski definition) is 1. The molecular weight excluding hydrogens is 246 g/mol. The Morgan fingerprint density at radius 3 is 2.30 bits per heavy atom. The molecule has 0 saturated heterocycles. The summed E-state index contributed by atoms with van der Waals surface area (Å²) in [6.07, 6.45) is 1.12. The van der Waals surface area contributed by atoms with Crippen LogP contribution in [0.25, 0.3) is 0 Å². The van der Waals surface area contributed by atoms with Gasteiger partial charge in [-0.3, -0.25) is 0 Å². The van der Waals surface area contributed by atoms with E-state index >= 15 is 0 Å². The highest BCUT2D eigenvalue weighted by atomic mass is 16.5. The third kappa shape index (κ3) is 3.40. The monoisotopic (exact) mass is 269 g/mol. The van der Waals surface area contributed by atoms with Crippen LogP contribution in [-0.2, 0) is 12.0 Å². The zero-order valence-electron chi connectivity index (χ0n) is 12.5. The van der Waals surface area contributed by atoms with Gasteiger partial charge in [-0.1, -0.05) is 45.0 Å². The van der Waals surface area contributed by atoms with Crippen molar-refractivity contribution in [3.63, 3.8) is 0 Å². The molecule has 20 heavy (non-hydrogen) atoms. The smallest absolute Gasteiger partial charge is 0.127 e. The van der Waals surface area contributed by atoms with Crippen LogP contribution in [0.5, 0.6) is 11.5 Å². The zero-order chi connectivity index (χ0) is 14.6. The minimum Gasteiger partial charge on any atom is -0.457 e. The summed E-state index contributed by atoms with van der Waals surface area (Å²) in [6, 6.07) is 16.2. The van der Waals surface area contributed by atoms with E-state index in [1.54, 1.807) is 0 Å². The van der Waals surface area contributed by atoms with Gasteiger partial charge in [-0.05, 0) is 47.2 Å². The molecule has 0 atom stereocenters. The third-order valence-electron chi connectivity index (χ3n) is 3.89. The lowest BCUT2D eigenvalue weighted by atomic mass is 9.82. The van der Waals surface area contributed by atoms with Crippen LogP contribution < -0.4 is 10.5 Å². The average molecular weight is 269 g/mol. The molecule has 2 rings (SSSR count). The average Bonchev–Trinajstić information content (AvgIpc) is 2.48. The maximum atomic E-state index is 5.87. The number of benzene rings is 2. The summed E-state index contributed by atoms with van der Waals surface area (Å²) in [4.78, 5) is 0. The summed E-state index contributed by atoms with van der Waals surface area (Å²) in [5.41, 5.74) is 8.26. The molecular formula is C18H23NO. The summed E-state index contributed by atoms with van der Waals surface area (Å²) in [5, 5.41) is 0. The van der Waals surface area contributed by atoms with Gasteiger partial charge in [0.05, 0.1) is 0 Å². The van der Waals surface area contributed by atoms with Crippen LogP contribution >= 0.6 is 0 Å². The predicted octanol–water partition coefficient (Wildman–Crippen LogP) is 4.63. The van der Waals surface area contributed by atoms with Crippen LogP contribution in [-0.4, -0.2) is 0 Å². The van der Waals surface area contributed by atoms with Crippen LogP contribution in [0.4, 0.5) is 0 Å². The molecule has 0 aliphatic carbocycles. The summed E-state index contributed by atoms with van der Waals surface area (Å²) in [5.74, 6) is 1.69. The van der Waals surface area contributed by atoms with Gasteiger partial charge in [-0.25, -0.2) is 0 Å². The van der Waals surface area contributed by atoms with Gasteiger partial charge in [0.25, 0.3) is 0 Å². The summed E-state index contributed by atoms with van der Waals surface area (Å²) >= 11 is 0. The second-order valence-corrected chi connectivity index (χ2v) is 5.72. The van der Waals surface area contributed by atoms with E-state index in [0.717, 1.165) is 23.5 Å². The Hall–Kier alpha value is -1.80. The largest absolute Gasteiger partial charge is 0.457 e. The fourth-order valence-electron chi connectivity index (χ4n) is 2.05. The molecule has 2 N–H and O–H groups in total. The maximum Gasteiger partial charge on any atom is 0.127 e. The minimum atomic E-state index is 0.206. The van der Waals surface area contributed by atoms with Crippen molar-refractivity contribution < 1.29 is 4.74 Å². The molecule has 2 nitrogen and oxygen atoms in total. The Bertz CT molecular complexity index is 558. The third-order valence-corrected chi connectivity index (χ3v) is 3.89. The fraction of sp³-hybridized carbons (Fsp3) is 0.333. The van der Waals surface area contributed by atoms with Gasteiger partial charge in [-0.15, -0.1) is 0 Å². The van der Waals surface area contributed by atoms with E-state index < -0.39 is 0 Å². The quantitative estimate of drug-likeness (QED) is 0.859. The molecule has 0 aliphatic rings. The van der Waals surface area contributed by atoms with Crippen molar-refractivity contribution in [2.75, 3.05) is 0 Å². The van der Waals surface area contributed by atoms with Gasteiger partial charge in [0.2, 0.25) is 0 Å². The topological polar surface area (TPSA) is 35.2 Å². The number of nitrogens with two attached hydrogens (primary N) is 1. The normalized spacial score (nSPS) is 11.4. The van der Waals surface area contributed by atoms with Crippen molar-refractivity contribution in [3.8, 4) is 11.5 Å². The highest BCUT2D eigenvalue weighted by molar-refractivity contribution is 5.36. The van der Waals surface area contributed by atoms with Gasteiger partial charge in [0.1, 0.15) is 11.5 Å². The molecule has 0 aromatic heterocycles. The van der Waals surface area contributed by atoms with Gasteiger partial charge in [0.15, 0.2) is 0 Å². The Morgan fingerprint density at radius 1 is 1.00 bits per heavy atom. The van der Waals surface area contributed by atoms with Crippen molar-refractivity contribution >= 4 is 0 Å². The zero-order valence-corrected chi connectivity index (χ0v) is 12.5. The molecule has 0 spiro atoms. The Morgan fingerprint density at radius 2 is 1.70 bits per heavy atom. The molecule has 0 amide bonds. The van der Waals surface area contributed by atoms with E-state index in [9.17, 15) is 0 Å². The molecule has 2 aromatic carbocycles. The van der Waals surface area contributed by atoms with Crippen molar-refractivity contribution in [1.29, 1.82) is 0 Å². The molecule has 0 radical (unpaired) electrons. The predicted molar refractivity (Wildman–Crippen MR) is 84.2 cm³/mol. The van der Waals surface area contributed by atoms with Crippen LogP contribution in [0.3, 0.4) is 0 Å². The number of rotatable bonds is 5. The van der Waals surface area contributed by atoms with Crippen molar-refractivity contribution in [2.45, 2.75) is 39.2 Å².